The fourth-order valence-corrected chi connectivity index (χ4v) is 2.53. The van der Waals surface area contributed by atoms with Crippen LogP contribution >= 0.6 is 0 Å². The minimum atomic E-state index is 0.130. The van der Waals surface area contributed by atoms with Crippen molar-refractivity contribution < 1.29 is 0 Å². The molecule has 0 amide bonds. The molecule has 1 N–H and O–H groups in total. The highest BCUT2D eigenvalue weighted by Gasteiger charge is 2.18. The van der Waals surface area contributed by atoms with Gasteiger partial charge in [0, 0.05) is 30.3 Å². The van der Waals surface area contributed by atoms with Crippen molar-refractivity contribution in [2.24, 2.45) is 0 Å². The summed E-state index contributed by atoms with van der Waals surface area (Å²) in [5, 5.41) is 3.61. The molecular formula is C16H24N4. The third-order valence-electron chi connectivity index (χ3n) is 3.38. The number of nitrogens with zero attached hydrogens (tertiary/aromatic N) is 3. The summed E-state index contributed by atoms with van der Waals surface area (Å²) in [7, 11) is 0. The summed E-state index contributed by atoms with van der Waals surface area (Å²) in [6.07, 6.45) is 5.02. The van der Waals surface area contributed by atoms with Crippen molar-refractivity contribution >= 4 is 0 Å². The molecule has 0 radical (unpaired) electrons. The van der Waals surface area contributed by atoms with Gasteiger partial charge in [-0.05, 0) is 51.4 Å². The van der Waals surface area contributed by atoms with Crippen LogP contribution in [0.25, 0.3) is 0 Å². The van der Waals surface area contributed by atoms with E-state index in [0.717, 1.165) is 36.7 Å². The molecule has 0 saturated carbocycles. The van der Waals surface area contributed by atoms with Crippen LogP contribution < -0.4 is 5.32 Å². The average Bonchev–Trinajstić information content (AvgIpc) is 2.86. The number of imidazole rings is 1. The topological polar surface area (TPSA) is 42.7 Å². The van der Waals surface area contributed by atoms with Crippen molar-refractivity contribution in [2.45, 2.75) is 46.7 Å². The molecule has 2 aromatic rings. The number of aromatic nitrogens is 3. The zero-order valence-corrected chi connectivity index (χ0v) is 12.8. The molecule has 0 bridgehead atoms. The van der Waals surface area contributed by atoms with Crippen molar-refractivity contribution in [1.82, 2.24) is 19.9 Å². The van der Waals surface area contributed by atoms with Gasteiger partial charge in [-0.25, -0.2) is 4.98 Å². The lowest BCUT2D eigenvalue weighted by Gasteiger charge is -2.20. The first-order chi connectivity index (χ1) is 9.65. The van der Waals surface area contributed by atoms with Gasteiger partial charge in [0.1, 0.15) is 5.82 Å². The summed E-state index contributed by atoms with van der Waals surface area (Å²) in [5.41, 5.74) is 3.35. The Kier molecular flexibility index (Phi) is 4.90. The molecule has 0 fully saturated rings. The molecule has 0 aliphatic carbocycles. The molecule has 4 heteroatoms. The van der Waals surface area contributed by atoms with E-state index < -0.39 is 0 Å². The largest absolute Gasteiger partial charge is 0.334 e. The van der Waals surface area contributed by atoms with E-state index in [1.807, 2.05) is 26.2 Å². The Labute approximate surface area is 121 Å². The third-order valence-corrected chi connectivity index (χ3v) is 3.38. The van der Waals surface area contributed by atoms with Crippen LogP contribution in [0.3, 0.4) is 0 Å². The van der Waals surface area contributed by atoms with Gasteiger partial charge in [-0.15, -0.1) is 0 Å². The summed E-state index contributed by atoms with van der Waals surface area (Å²) in [6.45, 7) is 10.3. The van der Waals surface area contributed by atoms with E-state index in [1.165, 1.54) is 5.56 Å². The lowest BCUT2D eigenvalue weighted by atomic mass is 10.0. The van der Waals surface area contributed by atoms with E-state index in [0.29, 0.717) is 0 Å². The van der Waals surface area contributed by atoms with Crippen LogP contribution in [0.15, 0.2) is 24.5 Å². The molecule has 2 heterocycles. The molecule has 0 aliphatic rings. The van der Waals surface area contributed by atoms with E-state index in [2.05, 4.69) is 45.8 Å². The fourth-order valence-electron chi connectivity index (χ4n) is 2.53. The van der Waals surface area contributed by atoms with Crippen molar-refractivity contribution in [2.75, 3.05) is 6.54 Å². The molecular weight excluding hydrogens is 248 g/mol. The van der Waals surface area contributed by atoms with Gasteiger partial charge in [0.15, 0.2) is 0 Å². The first-order valence-electron chi connectivity index (χ1n) is 7.35. The van der Waals surface area contributed by atoms with E-state index in [9.17, 15) is 0 Å². The number of aryl methyl sites for hydroxylation is 3. The molecule has 2 rings (SSSR count). The highest BCUT2D eigenvalue weighted by molar-refractivity contribution is 5.28. The second kappa shape index (κ2) is 6.66. The molecule has 1 atom stereocenters. The van der Waals surface area contributed by atoms with Crippen molar-refractivity contribution in [1.29, 1.82) is 0 Å². The summed E-state index contributed by atoms with van der Waals surface area (Å²) in [4.78, 5) is 9.02. The van der Waals surface area contributed by atoms with Gasteiger partial charge in [0.05, 0.1) is 6.04 Å². The van der Waals surface area contributed by atoms with E-state index in [4.69, 9.17) is 0 Å². The predicted octanol–water partition coefficient (Wildman–Crippen LogP) is 3.00. The van der Waals surface area contributed by atoms with Crippen LogP contribution in [0, 0.1) is 13.8 Å². The smallest absolute Gasteiger partial charge is 0.130 e. The van der Waals surface area contributed by atoms with E-state index in [-0.39, 0.29) is 6.04 Å². The van der Waals surface area contributed by atoms with Gasteiger partial charge in [0.2, 0.25) is 0 Å². The quantitative estimate of drug-likeness (QED) is 0.879. The Hall–Kier alpha value is -1.68. The maximum absolute atomic E-state index is 4.56. The number of nitrogens with one attached hydrogen (secondary N) is 1. The maximum Gasteiger partial charge on any atom is 0.130 e. The lowest BCUT2D eigenvalue weighted by Crippen LogP contribution is -2.26. The van der Waals surface area contributed by atoms with Gasteiger partial charge in [-0.1, -0.05) is 6.92 Å². The van der Waals surface area contributed by atoms with Crippen LogP contribution in [0.2, 0.25) is 0 Å². The monoisotopic (exact) mass is 272 g/mol. The van der Waals surface area contributed by atoms with Crippen molar-refractivity contribution in [3.63, 3.8) is 0 Å². The molecule has 108 valence electrons. The van der Waals surface area contributed by atoms with Crippen LogP contribution in [0.1, 0.15) is 49.1 Å². The summed E-state index contributed by atoms with van der Waals surface area (Å²) in [5.74, 6) is 1.07. The molecule has 20 heavy (non-hydrogen) atoms. The highest BCUT2D eigenvalue weighted by Crippen LogP contribution is 2.22. The molecule has 0 saturated heterocycles. The summed E-state index contributed by atoms with van der Waals surface area (Å²) in [6, 6.07) is 4.43. The number of hydrogen-bond acceptors (Lipinski definition) is 3. The second-order valence-electron chi connectivity index (χ2n) is 5.14. The fraction of sp³-hybridized carbons (Fsp3) is 0.500. The van der Waals surface area contributed by atoms with Gasteiger partial charge < -0.3 is 9.88 Å². The first-order valence-corrected chi connectivity index (χ1v) is 7.35. The molecule has 0 aromatic carbocycles. The zero-order chi connectivity index (χ0) is 14.5. The van der Waals surface area contributed by atoms with Gasteiger partial charge in [0.25, 0.3) is 0 Å². The normalized spacial score (nSPS) is 12.6. The number of pyridine rings is 1. The lowest BCUT2D eigenvalue weighted by molar-refractivity contribution is 0.540. The Morgan fingerprint density at radius 2 is 1.90 bits per heavy atom. The highest BCUT2D eigenvalue weighted by atomic mass is 15.1. The van der Waals surface area contributed by atoms with Crippen molar-refractivity contribution in [3.8, 4) is 0 Å². The van der Waals surface area contributed by atoms with E-state index >= 15 is 0 Å². The predicted molar refractivity (Wildman–Crippen MR) is 81.7 cm³/mol. The minimum absolute atomic E-state index is 0.130. The zero-order valence-electron chi connectivity index (χ0n) is 12.8. The Morgan fingerprint density at radius 1 is 1.20 bits per heavy atom. The molecule has 0 spiro atoms. The number of rotatable bonds is 6. The van der Waals surface area contributed by atoms with Crippen LogP contribution in [0.4, 0.5) is 0 Å². The van der Waals surface area contributed by atoms with Crippen LogP contribution in [-0.2, 0) is 6.54 Å². The molecule has 0 aliphatic heterocycles. The summed E-state index contributed by atoms with van der Waals surface area (Å²) >= 11 is 0. The Morgan fingerprint density at radius 3 is 2.50 bits per heavy atom. The Balaban J connectivity index is 2.41. The maximum atomic E-state index is 4.56. The van der Waals surface area contributed by atoms with Gasteiger partial charge in [-0.2, -0.15) is 0 Å². The standard InChI is InChI=1S/C16H24N4/c1-5-7-17-15(16-18-8-9-20(16)6-2)14-10-12(3)19-13(4)11-14/h8-11,15,17H,5-7H2,1-4H3. The average molecular weight is 272 g/mol. The third kappa shape index (κ3) is 3.25. The van der Waals surface area contributed by atoms with Crippen LogP contribution in [0.5, 0.6) is 0 Å². The van der Waals surface area contributed by atoms with Crippen LogP contribution in [-0.4, -0.2) is 21.1 Å². The van der Waals surface area contributed by atoms with E-state index in [1.54, 1.807) is 0 Å². The minimum Gasteiger partial charge on any atom is -0.334 e. The summed E-state index contributed by atoms with van der Waals surface area (Å²) < 4.78 is 2.19. The van der Waals surface area contributed by atoms with Crippen molar-refractivity contribution in [3.05, 3.63) is 47.3 Å². The molecule has 4 nitrogen and oxygen atoms in total. The molecule has 2 aromatic heterocycles. The SMILES string of the molecule is CCCNC(c1cc(C)nc(C)c1)c1nccn1CC. The molecule has 1 unspecified atom stereocenters. The second-order valence-corrected chi connectivity index (χ2v) is 5.14. The van der Waals surface area contributed by atoms with Gasteiger partial charge >= 0.3 is 0 Å². The Bertz CT molecular complexity index is 539. The number of hydrogen-bond donors (Lipinski definition) is 1. The van der Waals surface area contributed by atoms with Gasteiger partial charge in [-0.3, -0.25) is 4.98 Å². The first kappa shape index (κ1) is 14.7.